The van der Waals surface area contributed by atoms with Gasteiger partial charge in [-0.1, -0.05) is 52.3 Å². The molecule has 0 bridgehead atoms. The topological polar surface area (TPSA) is 174 Å². The lowest BCUT2D eigenvalue weighted by atomic mass is 9.49. The fourth-order valence-electron chi connectivity index (χ4n) is 7.30. The summed E-state index contributed by atoms with van der Waals surface area (Å²) in [6.45, 7) is 8.97. The molecule has 2 aliphatic carbocycles. The Morgan fingerprint density at radius 2 is 1.66 bits per heavy atom. The molecular formula is C35H39NO8. The van der Waals surface area contributed by atoms with Crippen molar-refractivity contribution in [3.8, 4) is 40.1 Å². The molecule has 3 atom stereocenters. The predicted octanol–water partition coefficient (Wildman–Crippen LogP) is 6.29. The first-order valence-corrected chi connectivity index (χ1v) is 14.8. The molecule has 1 fully saturated rings. The second-order valence-electron chi connectivity index (χ2n) is 12.9. The Labute approximate surface area is 255 Å². The molecule has 1 aromatic heterocycles. The number of benzene rings is 3. The number of hydrogen-bond acceptors (Lipinski definition) is 8. The zero-order chi connectivity index (χ0) is 32.1. The summed E-state index contributed by atoms with van der Waals surface area (Å²) in [7, 11) is 0. The molecule has 9 heteroatoms. The van der Waals surface area contributed by atoms with Crippen LogP contribution in [0.5, 0.6) is 28.7 Å². The molecule has 1 heterocycles. The SMILES string of the molecule is CC(C)c1ccc2c(c1)CCC1C(C)(C(N)=O)CCCC21C.O=c1c(O)c(-c2ccc(O)c(O)c2)oc2cc(O)cc(O)c12. The molecule has 1 amide bonds. The van der Waals surface area contributed by atoms with Crippen LogP contribution in [0.4, 0.5) is 0 Å². The third-order valence-corrected chi connectivity index (χ3v) is 9.78. The Morgan fingerprint density at radius 1 is 0.932 bits per heavy atom. The summed E-state index contributed by atoms with van der Waals surface area (Å²) < 4.78 is 5.35. The van der Waals surface area contributed by atoms with Gasteiger partial charge in [-0.2, -0.15) is 0 Å². The molecule has 1 saturated carbocycles. The van der Waals surface area contributed by atoms with E-state index in [9.17, 15) is 35.1 Å². The Morgan fingerprint density at radius 3 is 2.32 bits per heavy atom. The molecule has 0 spiro atoms. The Balaban J connectivity index is 0.000000175. The number of carbonyl (C=O) groups is 1. The van der Waals surface area contributed by atoms with Crippen molar-refractivity contribution in [2.45, 2.75) is 71.1 Å². The summed E-state index contributed by atoms with van der Waals surface area (Å²) >= 11 is 0. The minimum absolute atomic E-state index is 0.102. The zero-order valence-corrected chi connectivity index (χ0v) is 25.3. The van der Waals surface area contributed by atoms with Crippen LogP contribution in [0.2, 0.25) is 0 Å². The van der Waals surface area contributed by atoms with Crippen molar-refractivity contribution in [1.29, 1.82) is 0 Å². The van der Waals surface area contributed by atoms with Crippen LogP contribution in [0, 0.1) is 11.3 Å². The maximum atomic E-state index is 12.2. The molecular weight excluding hydrogens is 562 g/mol. The number of rotatable bonds is 3. The summed E-state index contributed by atoms with van der Waals surface area (Å²) in [5.74, 6) is -1.87. The lowest BCUT2D eigenvalue weighted by Gasteiger charge is -2.54. The first-order valence-electron chi connectivity index (χ1n) is 14.8. The summed E-state index contributed by atoms with van der Waals surface area (Å²) in [6.07, 6.45) is 5.39. The molecule has 6 rings (SSSR count). The normalized spacial score (nSPS) is 22.5. The van der Waals surface area contributed by atoms with Crippen LogP contribution in [-0.2, 0) is 16.6 Å². The highest BCUT2D eigenvalue weighted by Gasteiger charge is 2.54. The van der Waals surface area contributed by atoms with Gasteiger partial charge in [0.15, 0.2) is 17.3 Å². The largest absolute Gasteiger partial charge is 0.508 e. The Kier molecular flexibility index (Phi) is 7.78. The van der Waals surface area contributed by atoms with Gasteiger partial charge in [0.05, 0.1) is 0 Å². The van der Waals surface area contributed by atoms with Gasteiger partial charge < -0.3 is 35.7 Å². The monoisotopic (exact) mass is 601 g/mol. The van der Waals surface area contributed by atoms with Crippen molar-refractivity contribution in [3.05, 3.63) is 75.4 Å². The maximum Gasteiger partial charge on any atom is 0.238 e. The van der Waals surface area contributed by atoms with Crippen molar-refractivity contribution in [2.75, 3.05) is 0 Å². The van der Waals surface area contributed by atoms with E-state index in [1.165, 1.54) is 29.2 Å². The number of carbonyl (C=O) groups excluding carboxylic acids is 1. The fourth-order valence-corrected chi connectivity index (χ4v) is 7.30. The molecule has 0 saturated heterocycles. The first kappa shape index (κ1) is 30.8. The summed E-state index contributed by atoms with van der Waals surface area (Å²) in [5, 5.41) is 47.6. The molecule has 0 radical (unpaired) electrons. The van der Waals surface area contributed by atoms with Gasteiger partial charge in [0.2, 0.25) is 17.1 Å². The van der Waals surface area contributed by atoms with Gasteiger partial charge in [-0.25, -0.2) is 0 Å². The minimum atomic E-state index is -0.888. The molecule has 7 N–H and O–H groups in total. The van der Waals surface area contributed by atoms with Crippen LogP contribution in [0.1, 0.15) is 76.0 Å². The summed E-state index contributed by atoms with van der Waals surface area (Å²) in [4.78, 5) is 24.3. The van der Waals surface area contributed by atoms with E-state index in [-0.39, 0.29) is 50.5 Å². The number of hydrogen-bond donors (Lipinski definition) is 6. The van der Waals surface area contributed by atoms with Gasteiger partial charge in [-0.3, -0.25) is 9.59 Å². The number of amides is 1. The number of primary amides is 1. The number of phenols is 4. The maximum absolute atomic E-state index is 12.2. The van der Waals surface area contributed by atoms with Crippen molar-refractivity contribution in [3.63, 3.8) is 0 Å². The summed E-state index contributed by atoms with van der Waals surface area (Å²) in [6, 6.07) is 12.7. The standard InChI is InChI=1S/C20H29NO.C15H10O7/c1-13(2)14-6-8-16-15(12-14)7-9-17-19(16,3)10-5-11-20(17,4)18(21)22;16-7-4-10(19)12-11(5-7)22-15(14(21)13(12)20)6-1-2-8(17)9(18)3-6/h6,8,12-13,17H,5,7,9-11H2,1-4H3,(H2,21,22);1-5,16-19,21H. The van der Waals surface area contributed by atoms with E-state index in [0.717, 1.165) is 49.9 Å². The molecule has 3 unspecified atom stereocenters. The molecule has 44 heavy (non-hydrogen) atoms. The number of aryl methyl sites for hydroxylation is 1. The number of aromatic hydroxyl groups is 5. The van der Waals surface area contributed by atoms with Crippen LogP contribution in [0.3, 0.4) is 0 Å². The molecule has 0 aliphatic heterocycles. The van der Waals surface area contributed by atoms with E-state index in [0.29, 0.717) is 11.8 Å². The van der Waals surface area contributed by atoms with E-state index in [1.807, 2.05) is 0 Å². The van der Waals surface area contributed by atoms with Crippen molar-refractivity contribution in [1.82, 2.24) is 0 Å². The average Bonchev–Trinajstić information content (AvgIpc) is 2.96. The summed E-state index contributed by atoms with van der Waals surface area (Å²) in [5.41, 5.74) is 9.08. The van der Waals surface area contributed by atoms with Gasteiger partial charge in [0.25, 0.3) is 0 Å². The molecule has 232 valence electrons. The van der Waals surface area contributed by atoms with E-state index in [4.69, 9.17) is 10.2 Å². The van der Waals surface area contributed by atoms with Crippen molar-refractivity contribution >= 4 is 16.9 Å². The Bertz CT molecular complexity index is 1830. The Hall–Kier alpha value is -4.66. The highest BCUT2D eigenvalue weighted by molar-refractivity contribution is 5.88. The predicted molar refractivity (Wildman–Crippen MR) is 167 cm³/mol. The van der Waals surface area contributed by atoms with E-state index >= 15 is 0 Å². The van der Waals surface area contributed by atoms with Crippen LogP contribution in [0.15, 0.2) is 57.7 Å². The fraction of sp³-hybridized carbons (Fsp3) is 0.371. The third kappa shape index (κ3) is 5.10. The zero-order valence-electron chi connectivity index (χ0n) is 25.3. The van der Waals surface area contributed by atoms with E-state index < -0.39 is 22.7 Å². The number of fused-ring (bicyclic) bond motifs is 4. The molecule has 9 nitrogen and oxygen atoms in total. The first-order chi connectivity index (χ1) is 20.7. The molecule has 3 aromatic carbocycles. The van der Waals surface area contributed by atoms with Gasteiger partial charge in [0.1, 0.15) is 22.5 Å². The smallest absolute Gasteiger partial charge is 0.238 e. The average molecular weight is 602 g/mol. The van der Waals surface area contributed by atoms with Crippen molar-refractivity contribution in [2.24, 2.45) is 17.1 Å². The second-order valence-corrected chi connectivity index (χ2v) is 12.9. The highest BCUT2D eigenvalue weighted by Crippen LogP contribution is 2.57. The van der Waals surface area contributed by atoms with Crippen molar-refractivity contribution < 1.29 is 34.7 Å². The van der Waals surface area contributed by atoms with Gasteiger partial charge in [0, 0.05) is 23.1 Å². The second kappa shape index (κ2) is 11.1. The highest BCUT2D eigenvalue weighted by atomic mass is 16.4. The quantitative estimate of drug-likeness (QED) is 0.148. The van der Waals surface area contributed by atoms with Gasteiger partial charge in [-0.05, 0) is 77.8 Å². The van der Waals surface area contributed by atoms with Gasteiger partial charge >= 0.3 is 0 Å². The minimum Gasteiger partial charge on any atom is -0.508 e. The van der Waals surface area contributed by atoms with Crippen LogP contribution >= 0.6 is 0 Å². The van der Waals surface area contributed by atoms with E-state index in [2.05, 4.69) is 45.9 Å². The third-order valence-electron chi connectivity index (χ3n) is 9.78. The molecule has 4 aromatic rings. The van der Waals surface area contributed by atoms with Gasteiger partial charge in [-0.15, -0.1) is 0 Å². The van der Waals surface area contributed by atoms with Crippen LogP contribution in [-0.4, -0.2) is 31.4 Å². The molecule has 2 aliphatic rings. The number of phenolic OH excluding ortho intramolecular Hbond substituents is 4. The van der Waals surface area contributed by atoms with E-state index in [1.54, 1.807) is 0 Å². The lowest BCUT2D eigenvalue weighted by molar-refractivity contribution is -0.135. The number of nitrogens with two attached hydrogens (primary N) is 1. The van der Waals surface area contributed by atoms with Crippen LogP contribution < -0.4 is 11.2 Å². The lowest BCUT2D eigenvalue weighted by Crippen LogP contribution is -2.54. The van der Waals surface area contributed by atoms with Crippen LogP contribution in [0.25, 0.3) is 22.3 Å².